The van der Waals surface area contributed by atoms with Gasteiger partial charge in [0.05, 0.1) is 5.69 Å². The van der Waals surface area contributed by atoms with Gasteiger partial charge in [-0.3, -0.25) is 9.89 Å². The van der Waals surface area contributed by atoms with Gasteiger partial charge in [0.1, 0.15) is 5.65 Å². The molecule has 0 saturated carbocycles. The Labute approximate surface area is 206 Å². The van der Waals surface area contributed by atoms with Gasteiger partial charge in [-0.1, -0.05) is 6.07 Å². The lowest BCUT2D eigenvalue weighted by atomic mass is 10.0. The molecule has 1 saturated heterocycles. The number of aryl methyl sites for hydroxylation is 1. The van der Waals surface area contributed by atoms with Crippen molar-refractivity contribution in [3.63, 3.8) is 0 Å². The van der Waals surface area contributed by atoms with Gasteiger partial charge in [-0.25, -0.2) is 4.98 Å². The minimum Gasteiger partial charge on any atom is -0.357 e. The zero-order valence-electron chi connectivity index (χ0n) is 18.4. The highest BCUT2D eigenvalue weighted by molar-refractivity contribution is 14.0. The minimum atomic E-state index is 0. The summed E-state index contributed by atoms with van der Waals surface area (Å²) in [5.41, 5.74) is 4.76. The molecule has 0 amide bonds. The third-order valence-electron chi connectivity index (χ3n) is 5.62. The number of aromatic nitrogens is 2. The quantitative estimate of drug-likeness (QED) is 0.264. The molecule has 0 bridgehead atoms. The Morgan fingerprint density at radius 3 is 2.84 bits per heavy atom. The zero-order chi connectivity index (χ0) is 20.8. The molecule has 0 aromatic carbocycles. The second-order valence-electron chi connectivity index (χ2n) is 7.99. The molecule has 6 nitrogen and oxygen atoms in total. The Bertz CT molecular complexity index is 960. The van der Waals surface area contributed by atoms with E-state index in [1.807, 2.05) is 0 Å². The van der Waals surface area contributed by atoms with Crippen LogP contribution in [-0.2, 0) is 13.0 Å². The number of aliphatic imine (C=N–C) groups is 1. The molecule has 0 unspecified atom stereocenters. The molecule has 168 valence electrons. The molecule has 4 heterocycles. The molecule has 1 fully saturated rings. The molecule has 8 heteroatoms. The SMILES string of the molecule is CCNC(=NCCc1cn2cccc(C)c2n1)NC1CCN(Cc2ccsc2)CC1.I. The van der Waals surface area contributed by atoms with Crippen molar-refractivity contribution in [3.05, 3.63) is 58.2 Å². The predicted molar refractivity (Wildman–Crippen MR) is 141 cm³/mol. The molecule has 2 N–H and O–H groups in total. The van der Waals surface area contributed by atoms with Gasteiger partial charge >= 0.3 is 0 Å². The zero-order valence-corrected chi connectivity index (χ0v) is 21.5. The van der Waals surface area contributed by atoms with Crippen molar-refractivity contribution in [3.8, 4) is 0 Å². The second-order valence-corrected chi connectivity index (χ2v) is 8.77. The van der Waals surface area contributed by atoms with Crippen LogP contribution in [0.4, 0.5) is 0 Å². The van der Waals surface area contributed by atoms with E-state index in [0.29, 0.717) is 6.04 Å². The summed E-state index contributed by atoms with van der Waals surface area (Å²) in [7, 11) is 0. The van der Waals surface area contributed by atoms with Crippen molar-refractivity contribution < 1.29 is 0 Å². The number of guanidine groups is 1. The summed E-state index contributed by atoms with van der Waals surface area (Å²) in [5, 5.41) is 11.5. The number of hydrogen-bond acceptors (Lipinski definition) is 4. The van der Waals surface area contributed by atoms with Crippen molar-refractivity contribution in [2.45, 2.75) is 45.7 Å². The number of pyridine rings is 1. The molecular weight excluding hydrogens is 519 g/mol. The molecule has 31 heavy (non-hydrogen) atoms. The summed E-state index contributed by atoms with van der Waals surface area (Å²) in [6.45, 7) is 9.16. The first-order chi connectivity index (χ1) is 14.7. The molecule has 4 rings (SSSR count). The second kappa shape index (κ2) is 11.8. The van der Waals surface area contributed by atoms with Gasteiger partial charge in [0.25, 0.3) is 0 Å². The number of piperidine rings is 1. The fraction of sp³-hybridized carbons (Fsp3) is 0.478. The van der Waals surface area contributed by atoms with Crippen LogP contribution in [0.3, 0.4) is 0 Å². The van der Waals surface area contributed by atoms with Gasteiger partial charge in [-0.05, 0) is 60.7 Å². The Morgan fingerprint density at radius 2 is 2.13 bits per heavy atom. The fourth-order valence-corrected chi connectivity index (χ4v) is 4.66. The van der Waals surface area contributed by atoms with Gasteiger partial charge in [0.2, 0.25) is 0 Å². The van der Waals surface area contributed by atoms with Crippen LogP contribution in [0.15, 0.2) is 46.3 Å². The molecular formula is C23H33IN6S. The summed E-state index contributed by atoms with van der Waals surface area (Å²) in [5.74, 6) is 0.925. The fourth-order valence-electron chi connectivity index (χ4n) is 4.00. The van der Waals surface area contributed by atoms with Gasteiger partial charge < -0.3 is 15.0 Å². The number of rotatable bonds is 7. The number of hydrogen-bond donors (Lipinski definition) is 2. The third-order valence-corrected chi connectivity index (χ3v) is 6.36. The van der Waals surface area contributed by atoms with Crippen molar-refractivity contribution in [1.29, 1.82) is 0 Å². The van der Waals surface area contributed by atoms with E-state index in [1.165, 1.54) is 11.1 Å². The van der Waals surface area contributed by atoms with Gasteiger partial charge in [0, 0.05) is 57.6 Å². The molecule has 0 radical (unpaired) electrons. The molecule has 0 atom stereocenters. The van der Waals surface area contributed by atoms with E-state index in [2.05, 4.69) is 75.1 Å². The van der Waals surface area contributed by atoms with Crippen molar-refractivity contribution in [2.24, 2.45) is 4.99 Å². The normalized spacial score (nSPS) is 15.7. The van der Waals surface area contributed by atoms with Crippen molar-refractivity contribution in [1.82, 2.24) is 24.9 Å². The maximum Gasteiger partial charge on any atom is 0.191 e. The molecule has 3 aromatic heterocycles. The first kappa shape index (κ1) is 24.0. The Hall–Kier alpha value is -1.65. The Kier molecular flexibility index (Phi) is 9.15. The molecule has 0 spiro atoms. The average molecular weight is 553 g/mol. The molecule has 1 aliphatic heterocycles. The van der Waals surface area contributed by atoms with Crippen LogP contribution >= 0.6 is 35.3 Å². The highest BCUT2D eigenvalue weighted by Crippen LogP contribution is 2.15. The molecule has 0 aliphatic carbocycles. The van der Waals surface area contributed by atoms with Crippen LogP contribution in [0.2, 0.25) is 0 Å². The molecule has 3 aromatic rings. The van der Waals surface area contributed by atoms with Crippen LogP contribution in [0, 0.1) is 6.92 Å². The van der Waals surface area contributed by atoms with Gasteiger partial charge in [-0.2, -0.15) is 11.3 Å². The number of imidazole rings is 1. The average Bonchev–Trinajstić information content (AvgIpc) is 3.40. The maximum atomic E-state index is 4.81. The van der Waals surface area contributed by atoms with E-state index in [4.69, 9.17) is 9.98 Å². The Morgan fingerprint density at radius 1 is 1.29 bits per heavy atom. The van der Waals surface area contributed by atoms with E-state index in [-0.39, 0.29) is 24.0 Å². The number of likely N-dealkylation sites (tertiary alicyclic amines) is 1. The maximum absolute atomic E-state index is 4.81. The topological polar surface area (TPSA) is 57.0 Å². The number of nitrogens with zero attached hydrogens (tertiary/aromatic N) is 4. The van der Waals surface area contributed by atoms with Gasteiger partial charge in [-0.15, -0.1) is 24.0 Å². The first-order valence-electron chi connectivity index (χ1n) is 10.9. The smallest absolute Gasteiger partial charge is 0.191 e. The summed E-state index contributed by atoms with van der Waals surface area (Å²) in [4.78, 5) is 12.1. The first-order valence-corrected chi connectivity index (χ1v) is 11.9. The summed E-state index contributed by atoms with van der Waals surface area (Å²) in [6, 6.07) is 6.88. The van der Waals surface area contributed by atoms with Gasteiger partial charge in [0.15, 0.2) is 5.96 Å². The van der Waals surface area contributed by atoms with E-state index in [0.717, 1.165) is 69.3 Å². The minimum absolute atomic E-state index is 0. The van der Waals surface area contributed by atoms with E-state index in [1.54, 1.807) is 11.3 Å². The van der Waals surface area contributed by atoms with Crippen LogP contribution in [-0.4, -0.2) is 52.5 Å². The van der Waals surface area contributed by atoms with Crippen LogP contribution in [0.1, 0.15) is 36.6 Å². The monoisotopic (exact) mass is 552 g/mol. The number of fused-ring (bicyclic) bond motifs is 1. The van der Waals surface area contributed by atoms with Crippen LogP contribution < -0.4 is 10.6 Å². The highest BCUT2D eigenvalue weighted by atomic mass is 127. The number of thiophene rings is 1. The summed E-state index contributed by atoms with van der Waals surface area (Å²) < 4.78 is 2.10. The Balaban J connectivity index is 0.00000272. The third kappa shape index (κ3) is 6.66. The van der Waals surface area contributed by atoms with E-state index < -0.39 is 0 Å². The van der Waals surface area contributed by atoms with Crippen LogP contribution in [0.5, 0.6) is 0 Å². The van der Waals surface area contributed by atoms with Crippen LogP contribution in [0.25, 0.3) is 5.65 Å². The number of nitrogens with one attached hydrogen (secondary N) is 2. The number of halogens is 1. The van der Waals surface area contributed by atoms with E-state index >= 15 is 0 Å². The summed E-state index contributed by atoms with van der Waals surface area (Å²) in [6.07, 6.45) is 7.32. The largest absolute Gasteiger partial charge is 0.357 e. The standard InChI is InChI=1S/C23H32N6S.HI/c1-3-24-23(25-10-6-21-16-29-11-4-5-18(2)22(29)26-21)27-20-7-12-28(13-8-20)15-19-9-14-30-17-19;/h4-5,9,11,14,16-17,20H,3,6-8,10,12-13,15H2,1-2H3,(H2,24,25,27);1H. The van der Waals surface area contributed by atoms with Crippen molar-refractivity contribution in [2.75, 3.05) is 26.2 Å². The predicted octanol–water partition coefficient (Wildman–Crippen LogP) is 4.08. The summed E-state index contributed by atoms with van der Waals surface area (Å²) >= 11 is 1.78. The highest BCUT2D eigenvalue weighted by Gasteiger charge is 2.20. The lowest BCUT2D eigenvalue weighted by Crippen LogP contribution is -2.48. The van der Waals surface area contributed by atoms with E-state index in [9.17, 15) is 0 Å². The van der Waals surface area contributed by atoms with Crippen molar-refractivity contribution >= 4 is 46.9 Å². The molecule has 1 aliphatic rings. The lowest BCUT2D eigenvalue weighted by Gasteiger charge is -2.33. The lowest BCUT2D eigenvalue weighted by molar-refractivity contribution is 0.198.